The van der Waals surface area contributed by atoms with Crippen LogP contribution < -0.4 is 26.0 Å². The molecule has 8 aliphatic carbocycles. The molecule has 2 aliphatic heterocycles. The predicted molar refractivity (Wildman–Crippen MR) is 274 cm³/mol. The largest absolute Gasteiger partial charge is 0.458 e. The normalized spacial score (nSPS) is 30.3. The monoisotopic (exact) mass is 858 g/mol. The number of rotatable bonds is 4. The molecule has 65 heavy (non-hydrogen) atoms. The second-order valence-electron chi connectivity index (χ2n) is 26.7. The summed E-state index contributed by atoms with van der Waals surface area (Å²) in [5.74, 6) is 7.41. The van der Waals surface area contributed by atoms with Crippen LogP contribution in [0.3, 0.4) is 0 Å². The molecule has 0 N–H and O–H groups in total. The van der Waals surface area contributed by atoms with E-state index >= 15 is 0 Å². The standard InChI is InChI=1S/C62H72BNO/c1-58(2,3)44-13-17-47(18-14-44)64-52-19-15-45(59(4,5)6)29-50(52)63-51-30-46(60(7,8)9)16-20-54(51)65-55-28-43(27-53(64)57(55)63)56-48(61-31-37-21-38(32-61)23-39(22-37)33-61)11-10-12-49(56)62-34-40-24-41(35-62)26-42(25-40)36-62/h10-20,27-30,37-42H,21-26,31-36H2,1-9H3. The van der Waals surface area contributed by atoms with Crippen LogP contribution in [0.2, 0.25) is 0 Å². The van der Waals surface area contributed by atoms with Crippen molar-refractivity contribution >= 4 is 40.2 Å². The summed E-state index contributed by atoms with van der Waals surface area (Å²) in [6.07, 6.45) is 17.1. The summed E-state index contributed by atoms with van der Waals surface area (Å²) in [7, 11) is 0. The number of ether oxygens (including phenoxy) is 1. The topological polar surface area (TPSA) is 12.5 Å². The number of nitrogens with zero attached hydrogens (tertiary/aromatic N) is 1. The van der Waals surface area contributed by atoms with E-state index in [2.05, 4.69) is 158 Å². The van der Waals surface area contributed by atoms with Crippen LogP contribution in [0.4, 0.5) is 17.1 Å². The zero-order valence-corrected chi connectivity index (χ0v) is 41.0. The van der Waals surface area contributed by atoms with Crippen LogP contribution in [0, 0.1) is 35.5 Å². The molecule has 2 nitrogen and oxygen atoms in total. The molecule has 2 heterocycles. The lowest BCUT2D eigenvalue weighted by atomic mass is 9.33. The van der Waals surface area contributed by atoms with Gasteiger partial charge in [-0.2, -0.15) is 0 Å². The van der Waals surface area contributed by atoms with Crippen LogP contribution in [-0.4, -0.2) is 6.71 Å². The molecule has 334 valence electrons. The minimum absolute atomic E-state index is 0.0110. The SMILES string of the molecule is CC(C)(C)c1ccc(N2c3ccc(C(C)(C)C)cc3B3c4cc(C(C)(C)C)ccc4Oc4cc(-c5c(C67CC8CC(CC(C8)C6)C7)cccc5C56CC7CC(CC(C7)C5)C6)cc2c43)cc1. The van der Waals surface area contributed by atoms with Gasteiger partial charge < -0.3 is 9.64 Å². The Kier molecular flexibility index (Phi) is 8.64. The van der Waals surface area contributed by atoms with Gasteiger partial charge in [0, 0.05) is 17.1 Å². The highest BCUT2D eigenvalue weighted by Gasteiger charge is 2.56. The van der Waals surface area contributed by atoms with Gasteiger partial charge in [0.25, 0.3) is 6.71 Å². The molecule has 0 spiro atoms. The summed E-state index contributed by atoms with van der Waals surface area (Å²) in [4.78, 5) is 2.65. The molecule has 10 aliphatic rings. The van der Waals surface area contributed by atoms with E-state index < -0.39 is 0 Å². The van der Waals surface area contributed by atoms with Gasteiger partial charge in [-0.15, -0.1) is 0 Å². The average Bonchev–Trinajstić information content (AvgIpc) is 3.24. The van der Waals surface area contributed by atoms with Gasteiger partial charge in [0.2, 0.25) is 0 Å². The van der Waals surface area contributed by atoms with Crippen molar-refractivity contribution in [1.29, 1.82) is 0 Å². The Labute approximate surface area is 391 Å². The quantitative estimate of drug-likeness (QED) is 0.164. The van der Waals surface area contributed by atoms with Gasteiger partial charge in [0.1, 0.15) is 11.5 Å². The summed E-state index contributed by atoms with van der Waals surface area (Å²) < 4.78 is 7.47. The van der Waals surface area contributed by atoms with Crippen molar-refractivity contribution in [3.63, 3.8) is 0 Å². The van der Waals surface area contributed by atoms with Gasteiger partial charge in [0.05, 0.1) is 0 Å². The summed E-state index contributed by atoms with van der Waals surface area (Å²) >= 11 is 0. The molecule has 0 atom stereocenters. The van der Waals surface area contributed by atoms with E-state index in [4.69, 9.17) is 4.74 Å². The highest BCUT2D eigenvalue weighted by Crippen LogP contribution is 2.66. The van der Waals surface area contributed by atoms with Gasteiger partial charge >= 0.3 is 0 Å². The van der Waals surface area contributed by atoms with Crippen LogP contribution in [0.25, 0.3) is 11.1 Å². The van der Waals surface area contributed by atoms with E-state index in [0.717, 1.165) is 47.0 Å². The van der Waals surface area contributed by atoms with Gasteiger partial charge in [-0.3, -0.25) is 0 Å². The van der Waals surface area contributed by atoms with E-state index in [1.54, 1.807) is 16.7 Å². The van der Waals surface area contributed by atoms with Gasteiger partial charge in [-0.05, 0) is 231 Å². The Bertz CT molecular complexity index is 2640. The van der Waals surface area contributed by atoms with Crippen LogP contribution in [-0.2, 0) is 27.1 Å². The van der Waals surface area contributed by atoms with Crippen molar-refractivity contribution in [2.75, 3.05) is 4.90 Å². The summed E-state index contributed by atoms with van der Waals surface area (Å²) in [6, 6.07) is 37.3. The minimum Gasteiger partial charge on any atom is -0.458 e. The molecule has 5 aromatic carbocycles. The average molecular weight is 858 g/mol. The molecule has 5 aromatic rings. The fraction of sp³-hybridized carbons (Fsp3) is 0.516. The maximum Gasteiger partial charge on any atom is 0.256 e. The van der Waals surface area contributed by atoms with Crippen LogP contribution in [0.1, 0.15) is 167 Å². The first-order valence-electron chi connectivity index (χ1n) is 26.1. The van der Waals surface area contributed by atoms with E-state index in [1.165, 1.54) is 133 Å². The number of hydrogen-bond donors (Lipinski definition) is 0. The Balaban J connectivity index is 1.09. The maximum atomic E-state index is 7.47. The van der Waals surface area contributed by atoms with E-state index in [1.807, 2.05) is 0 Å². The molecule has 15 rings (SSSR count). The van der Waals surface area contributed by atoms with Crippen molar-refractivity contribution in [2.45, 2.75) is 166 Å². The molecule has 0 saturated heterocycles. The molecule has 0 unspecified atom stereocenters. The molecular weight excluding hydrogens is 785 g/mol. The highest BCUT2D eigenvalue weighted by molar-refractivity contribution is 6.99. The molecule has 0 amide bonds. The predicted octanol–water partition coefficient (Wildman–Crippen LogP) is 14.6. The molecule has 8 saturated carbocycles. The second-order valence-corrected chi connectivity index (χ2v) is 26.7. The zero-order valence-electron chi connectivity index (χ0n) is 41.0. The highest BCUT2D eigenvalue weighted by atomic mass is 16.5. The Hall–Kier alpha value is -4.24. The van der Waals surface area contributed by atoms with Crippen LogP contribution in [0.15, 0.2) is 91.0 Å². The second kappa shape index (κ2) is 13.7. The van der Waals surface area contributed by atoms with Gasteiger partial charge in [-0.25, -0.2) is 0 Å². The lowest BCUT2D eigenvalue weighted by Crippen LogP contribution is -2.60. The zero-order chi connectivity index (χ0) is 44.6. The molecule has 0 radical (unpaired) electrons. The first-order valence-corrected chi connectivity index (χ1v) is 26.1. The van der Waals surface area contributed by atoms with Crippen molar-refractivity contribution < 1.29 is 4.74 Å². The minimum atomic E-state index is 0.0110. The smallest absolute Gasteiger partial charge is 0.256 e. The lowest BCUT2D eigenvalue weighted by molar-refractivity contribution is -0.00783. The lowest BCUT2D eigenvalue weighted by Gasteiger charge is -2.59. The molecule has 8 fully saturated rings. The Morgan fingerprint density at radius 1 is 0.477 bits per heavy atom. The third-order valence-electron chi connectivity index (χ3n) is 19.1. The van der Waals surface area contributed by atoms with Crippen LogP contribution in [0.5, 0.6) is 11.5 Å². The summed E-state index contributed by atoms with van der Waals surface area (Å²) in [5, 5.41) is 0. The van der Waals surface area contributed by atoms with E-state index in [0.29, 0.717) is 0 Å². The van der Waals surface area contributed by atoms with Crippen molar-refractivity contribution in [3.8, 4) is 22.6 Å². The Morgan fingerprint density at radius 2 is 0.938 bits per heavy atom. The van der Waals surface area contributed by atoms with E-state index in [9.17, 15) is 0 Å². The fourth-order valence-electron chi connectivity index (χ4n) is 16.8. The third kappa shape index (κ3) is 6.31. The summed E-state index contributed by atoms with van der Waals surface area (Å²) in [5.41, 5.74) is 19.0. The fourth-order valence-corrected chi connectivity index (χ4v) is 16.8. The molecule has 0 aromatic heterocycles. The van der Waals surface area contributed by atoms with Crippen molar-refractivity contribution in [2.24, 2.45) is 35.5 Å². The van der Waals surface area contributed by atoms with Gasteiger partial charge in [-0.1, -0.05) is 117 Å². The number of benzene rings is 5. The summed E-state index contributed by atoms with van der Waals surface area (Å²) in [6.45, 7) is 21.2. The molecular formula is C62H72BNO. The third-order valence-corrected chi connectivity index (χ3v) is 19.1. The Morgan fingerprint density at radius 3 is 1.43 bits per heavy atom. The van der Waals surface area contributed by atoms with Crippen LogP contribution >= 0.6 is 0 Å². The van der Waals surface area contributed by atoms with Gasteiger partial charge in [0.15, 0.2) is 0 Å². The first kappa shape index (κ1) is 41.0. The number of anilines is 3. The first-order chi connectivity index (χ1) is 30.9. The molecule has 3 heteroatoms. The molecule has 8 bridgehead atoms. The number of hydrogen-bond acceptors (Lipinski definition) is 2. The van der Waals surface area contributed by atoms with Crippen molar-refractivity contribution in [1.82, 2.24) is 0 Å². The van der Waals surface area contributed by atoms with E-state index in [-0.39, 0.29) is 33.8 Å². The maximum absolute atomic E-state index is 7.47. The number of fused-ring (bicyclic) bond motifs is 4. The van der Waals surface area contributed by atoms with Crippen molar-refractivity contribution in [3.05, 3.63) is 119 Å².